The fourth-order valence-electron chi connectivity index (χ4n) is 1.63. The van der Waals surface area contributed by atoms with Gasteiger partial charge in [-0.15, -0.1) is 0 Å². The molecule has 9 heteroatoms. The molecule has 3 N–H and O–H groups in total. The topological polar surface area (TPSA) is 128 Å². The summed E-state index contributed by atoms with van der Waals surface area (Å²) in [4.78, 5) is 13.5. The molecular weight excluding hydrogens is 296 g/mol. The Bertz CT molecular complexity index is 762. The molecule has 0 atom stereocenters. The molecule has 0 unspecified atom stereocenters. The Morgan fingerprint density at radius 1 is 1.24 bits per heavy atom. The van der Waals surface area contributed by atoms with Crippen molar-refractivity contribution in [3.63, 3.8) is 0 Å². The molecule has 1 aromatic carbocycles. The minimum absolute atomic E-state index is 0.0347. The minimum atomic E-state index is -3.95. The number of non-ortho nitro benzene ring substituents is 1. The highest BCUT2D eigenvalue weighted by molar-refractivity contribution is 7.89. The van der Waals surface area contributed by atoms with Crippen molar-refractivity contribution in [1.29, 1.82) is 0 Å². The summed E-state index contributed by atoms with van der Waals surface area (Å²) in [6.07, 6.45) is 3.07. The summed E-state index contributed by atoms with van der Waals surface area (Å²) in [6.45, 7) is 0.0347. The van der Waals surface area contributed by atoms with Crippen LogP contribution in [0.2, 0.25) is 0 Å². The second-order valence-electron chi connectivity index (χ2n) is 4.16. The van der Waals surface area contributed by atoms with Crippen LogP contribution in [0.5, 0.6) is 0 Å². The molecule has 0 fully saturated rings. The number of anilines is 1. The zero-order chi connectivity index (χ0) is 15.5. The second kappa shape index (κ2) is 5.85. The quantitative estimate of drug-likeness (QED) is 0.482. The molecule has 0 saturated heterocycles. The van der Waals surface area contributed by atoms with Crippen LogP contribution in [0.3, 0.4) is 0 Å². The molecule has 8 nitrogen and oxygen atoms in total. The van der Waals surface area contributed by atoms with Gasteiger partial charge < -0.3 is 5.73 Å². The monoisotopic (exact) mass is 308 g/mol. The van der Waals surface area contributed by atoms with Gasteiger partial charge in [0, 0.05) is 31.1 Å². The summed E-state index contributed by atoms with van der Waals surface area (Å²) in [5, 5.41) is 10.7. The Kier molecular flexibility index (Phi) is 4.15. The fourth-order valence-corrected chi connectivity index (χ4v) is 2.79. The number of sulfonamides is 1. The molecular formula is C12H12N4O4S. The van der Waals surface area contributed by atoms with Crippen molar-refractivity contribution in [2.24, 2.45) is 0 Å². The van der Waals surface area contributed by atoms with Gasteiger partial charge in [-0.3, -0.25) is 15.1 Å². The van der Waals surface area contributed by atoms with E-state index >= 15 is 0 Å². The van der Waals surface area contributed by atoms with Crippen molar-refractivity contribution in [3.8, 4) is 0 Å². The summed E-state index contributed by atoms with van der Waals surface area (Å²) < 4.78 is 26.7. The number of nitro groups is 1. The smallest absolute Gasteiger partial charge is 0.270 e. The number of nitrogen functional groups attached to an aromatic ring is 1. The van der Waals surface area contributed by atoms with Crippen LogP contribution in [-0.4, -0.2) is 18.3 Å². The van der Waals surface area contributed by atoms with E-state index in [0.29, 0.717) is 5.56 Å². The molecule has 0 bridgehead atoms. The van der Waals surface area contributed by atoms with Crippen molar-refractivity contribution in [2.75, 3.05) is 5.73 Å². The van der Waals surface area contributed by atoms with Crippen LogP contribution in [-0.2, 0) is 16.6 Å². The Balaban J connectivity index is 2.27. The Morgan fingerprint density at radius 3 is 2.52 bits per heavy atom. The number of rotatable bonds is 5. The van der Waals surface area contributed by atoms with Gasteiger partial charge >= 0.3 is 0 Å². The minimum Gasteiger partial charge on any atom is -0.398 e. The lowest BCUT2D eigenvalue weighted by atomic mass is 10.3. The number of nitrogens with two attached hydrogens (primary N) is 1. The predicted octanol–water partition coefficient (Wildman–Crippen LogP) is 1.05. The average Bonchev–Trinajstić information content (AvgIpc) is 2.46. The normalized spacial score (nSPS) is 11.2. The lowest BCUT2D eigenvalue weighted by Gasteiger charge is -2.09. The van der Waals surface area contributed by atoms with E-state index < -0.39 is 14.9 Å². The number of hydrogen-bond acceptors (Lipinski definition) is 6. The lowest BCUT2D eigenvalue weighted by Crippen LogP contribution is -2.24. The molecule has 0 aliphatic rings. The summed E-state index contributed by atoms with van der Waals surface area (Å²) >= 11 is 0. The molecule has 0 saturated carbocycles. The molecule has 0 amide bonds. The molecule has 110 valence electrons. The maximum absolute atomic E-state index is 12.2. The van der Waals surface area contributed by atoms with Gasteiger partial charge in [0.05, 0.1) is 10.6 Å². The van der Waals surface area contributed by atoms with Gasteiger partial charge in [0.2, 0.25) is 10.0 Å². The van der Waals surface area contributed by atoms with Gasteiger partial charge in [-0.1, -0.05) is 0 Å². The van der Waals surface area contributed by atoms with Crippen LogP contribution in [0, 0.1) is 10.1 Å². The number of pyridine rings is 1. The SMILES string of the molecule is Nc1ccc([N+](=O)[O-])cc1S(=O)(=O)NCc1ccncc1. The molecule has 0 aliphatic heterocycles. The standard InChI is InChI=1S/C12H12N4O4S/c13-11-2-1-10(16(17)18)7-12(11)21(19,20)15-8-9-3-5-14-6-4-9/h1-7,15H,8,13H2. The number of nitrogens with zero attached hydrogens (tertiary/aromatic N) is 2. The van der Waals surface area contributed by atoms with Gasteiger partial charge in [-0.2, -0.15) is 0 Å². The third-order valence-electron chi connectivity index (χ3n) is 2.71. The zero-order valence-corrected chi connectivity index (χ0v) is 11.6. The van der Waals surface area contributed by atoms with Gasteiger partial charge in [0.1, 0.15) is 4.90 Å². The Morgan fingerprint density at radius 2 is 1.90 bits per heavy atom. The van der Waals surface area contributed by atoms with Crippen molar-refractivity contribution in [1.82, 2.24) is 9.71 Å². The van der Waals surface area contributed by atoms with Crippen LogP contribution < -0.4 is 10.5 Å². The van der Waals surface area contributed by atoms with Crippen LogP contribution >= 0.6 is 0 Å². The lowest BCUT2D eigenvalue weighted by molar-refractivity contribution is -0.385. The summed E-state index contributed by atoms with van der Waals surface area (Å²) in [7, 11) is -3.95. The van der Waals surface area contributed by atoms with Gasteiger partial charge in [-0.05, 0) is 23.8 Å². The number of hydrogen-bond donors (Lipinski definition) is 2. The Hall–Kier alpha value is -2.52. The zero-order valence-electron chi connectivity index (χ0n) is 10.8. The third-order valence-corrected chi connectivity index (χ3v) is 4.17. The first kappa shape index (κ1) is 14.9. The van der Waals surface area contributed by atoms with Crippen LogP contribution in [0.25, 0.3) is 0 Å². The number of benzene rings is 1. The van der Waals surface area contributed by atoms with Gasteiger partial charge in [-0.25, -0.2) is 13.1 Å². The first-order valence-electron chi connectivity index (χ1n) is 5.82. The van der Waals surface area contributed by atoms with Crippen LogP contribution in [0.4, 0.5) is 11.4 Å². The molecule has 2 aromatic rings. The van der Waals surface area contributed by atoms with Crippen LogP contribution in [0.15, 0.2) is 47.6 Å². The molecule has 21 heavy (non-hydrogen) atoms. The molecule has 0 spiro atoms. The highest BCUT2D eigenvalue weighted by atomic mass is 32.2. The third kappa shape index (κ3) is 3.52. The van der Waals surface area contributed by atoms with E-state index in [4.69, 9.17) is 5.73 Å². The van der Waals surface area contributed by atoms with E-state index in [2.05, 4.69) is 9.71 Å². The second-order valence-corrected chi connectivity index (χ2v) is 5.89. The predicted molar refractivity (Wildman–Crippen MR) is 75.8 cm³/mol. The highest BCUT2D eigenvalue weighted by Crippen LogP contribution is 2.24. The van der Waals surface area contributed by atoms with Crippen molar-refractivity contribution < 1.29 is 13.3 Å². The van der Waals surface area contributed by atoms with E-state index in [1.807, 2.05) is 0 Å². The van der Waals surface area contributed by atoms with E-state index in [1.165, 1.54) is 18.5 Å². The largest absolute Gasteiger partial charge is 0.398 e. The van der Waals surface area contributed by atoms with Crippen molar-refractivity contribution in [3.05, 3.63) is 58.4 Å². The highest BCUT2D eigenvalue weighted by Gasteiger charge is 2.20. The number of nitro benzene ring substituents is 1. The Labute approximate surface area is 120 Å². The summed E-state index contributed by atoms with van der Waals surface area (Å²) in [6, 6.07) is 6.58. The maximum Gasteiger partial charge on any atom is 0.270 e. The molecule has 1 heterocycles. The first-order chi connectivity index (χ1) is 9.90. The van der Waals surface area contributed by atoms with E-state index in [-0.39, 0.29) is 22.8 Å². The summed E-state index contributed by atoms with van der Waals surface area (Å²) in [5.41, 5.74) is 5.91. The van der Waals surface area contributed by atoms with E-state index in [1.54, 1.807) is 12.1 Å². The fraction of sp³-hybridized carbons (Fsp3) is 0.0833. The van der Waals surface area contributed by atoms with Crippen molar-refractivity contribution in [2.45, 2.75) is 11.4 Å². The van der Waals surface area contributed by atoms with E-state index in [0.717, 1.165) is 12.1 Å². The molecule has 0 aliphatic carbocycles. The number of nitrogens with one attached hydrogen (secondary N) is 1. The van der Waals surface area contributed by atoms with E-state index in [9.17, 15) is 18.5 Å². The molecule has 2 rings (SSSR count). The van der Waals surface area contributed by atoms with Crippen LogP contribution in [0.1, 0.15) is 5.56 Å². The average molecular weight is 308 g/mol. The first-order valence-corrected chi connectivity index (χ1v) is 7.31. The summed E-state index contributed by atoms with van der Waals surface area (Å²) in [5.74, 6) is 0. The van der Waals surface area contributed by atoms with Gasteiger partial charge in [0.25, 0.3) is 5.69 Å². The van der Waals surface area contributed by atoms with Crippen molar-refractivity contribution >= 4 is 21.4 Å². The number of aromatic nitrogens is 1. The van der Waals surface area contributed by atoms with Gasteiger partial charge in [0.15, 0.2) is 0 Å². The molecule has 1 aromatic heterocycles. The molecule has 0 radical (unpaired) electrons. The maximum atomic E-state index is 12.2.